The van der Waals surface area contributed by atoms with Gasteiger partial charge in [-0.1, -0.05) is 18.5 Å². The van der Waals surface area contributed by atoms with Crippen LogP contribution < -0.4 is 19.7 Å². The van der Waals surface area contributed by atoms with Crippen LogP contribution in [0, 0.1) is 0 Å². The third kappa shape index (κ3) is 3.82. The first-order valence-electron chi connectivity index (χ1n) is 9.12. The molecule has 0 bridgehead atoms. The smallest absolute Gasteiger partial charge is 0.255 e. The van der Waals surface area contributed by atoms with Gasteiger partial charge < -0.3 is 24.6 Å². The number of amides is 1. The third-order valence-corrected chi connectivity index (χ3v) is 5.24. The summed E-state index contributed by atoms with van der Waals surface area (Å²) in [7, 11) is 0. The van der Waals surface area contributed by atoms with Gasteiger partial charge in [-0.25, -0.2) is 0 Å². The van der Waals surface area contributed by atoms with E-state index in [2.05, 4.69) is 22.0 Å². The largest absolute Gasteiger partial charge is 0.454 e. The molecule has 4 rings (SSSR count). The van der Waals surface area contributed by atoms with Gasteiger partial charge in [0, 0.05) is 36.8 Å². The Hall–Kier alpha value is -2.44. The number of benzene rings is 2. The molecule has 0 atom stereocenters. The number of hydrogen-bond acceptors (Lipinski definition) is 5. The van der Waals surface area contributed by atoms with E-state index in [-0.39, 0.29) is 12.7 Å². The van der Waals surface area contributed by atoms with Crippen molar-refractivity contribution in [1.29, 1.82) is 0 Å². The SMILES string of the molecule is CCN1CCN(c2ccc(Cl)cc2NC(=O)c2ccc3c(c2)OCO3)CC1. The molecule has 0 aliphatic carbocycles. The van der Waals surface area contributed by atoms with Crippen molar-refractivity contribution in [2.24, 2.45) is 0 Å². The van der Waals surface area contributed by atoms with E-state index < -0.39 is 0 Å². The number of carbonyl (C=O) groups is 1. The number of anilines is 2. The summed E-state index contributed by atoms with van der Waals surface area (Å²) < 4.78 is 10.7. The summed E-state index contributed by atoms with van der Waals surface area (Å²) in [5.74, 6) is 1.04. The number of nitrogens with one attached hydrogen (secondary N) is 1. The first-order chi connectivity index (χ1) is 13.1. The normalized spacial score (nSPS) is 16.4. The van der Waals surface area contributed by atoms with E-state index >= 15 is 0 Å². The van der Waals surface area contributed by atoms with Crippen LogP contribution in [0.1, 0.15) is 17.3 Å². The number of halogens is 1. The Bertz CT molecular complexity index is 850. The summed E-state index contributed by atoms with van der Waals surface area (Å²) in [5.41, 5.74) is 2.22. The van der Waals surface area contributed by atoms with Gasteiger partial charge in [0.05, 0.1) is 11.4 Å². The molecule has 1 amide bonds. The predicted molar refractivity (Wildman–Crippen MR) is 106 cm³/mol. The van der Waals surface area contributed by atoms with E-state index in [1.165, 1.54) is 0 Å². The minimum absolute atomic E-state index is 0.183. The predicted octanol–water partition coefficient (Wildman–Crippen LogP) is 3.46. The topological polar surface area (TPSA) is 54.0 Å². The summed E-state index contributed by atoms with van der Waals surface area (Å²) in [6, 6.07) is 10.8. The molecule has 0 aromatic heterocycles. The fraction of sp³-hybridized carbons (Fsp3) is 0.350. The molecule has 27 heavy (non-hydrogen) atoms. The average molecular weight is 388 g/mol. The van der Waals surface area contributed by atoms with Crippen molar-refractivity contribution in [2.45, 2.75) is 6.92 Å². The van der Waals surface area contributed by atoms with Crippen LogP contribution in [-0.4, -0.2) is 50.3 Å². The maximum Gasteiger partial charge on any atom is 0.255 e. The molecule has 0 saturated carbocycles. The van der Waals surface area contributed by atoms with Gasteiger partial charge in [0.1, 0.15) is 0 Å². The summed E-state index contributed by atoms with van der Waals surface area (Å²) in [5, 5.41) is 3.60. The monoisotopic (exact) mass is 387 g/mol. The highest BCUT2D eigenvalue weighted by Gasteiger charge is 2.21. The van der Waals surface area contributed by atoms with Crippen molar-refractivity contribution < 1.29 is 14.3 Å². The van der Waals surface area contributed by atoms with Crippen LogP contribution in [0.15, 0.2) is 36.4 Å². The standard InChI is InChI=1S/C20H22ClN3O3/c1-2-23-7-9-24(10-8-23)17-5-4-15(21)12-16(17)22-20(25)14-3-6-18-19(11-14)27-13-26-18/h3-6,11-12H,2,7-10,13H2,1H3,(H,22,25). The van der Waals surface area contributed by atoms with E-state index in [4.69, 9.17) is 21.1 Å². The first-order valence-corrected chi connectivity index (χ1v) is 9.49. The van der Waals surface area contributed by atoms with Crippen molar-refractivity contribution in [3.05, 3.63) is 47.0 Å². The zero-order valence-corrected chi connectivity index (χ0v) is 16.0. The number of rotatable bonds is 4. The number of nitrogens with zero attached hydrogens (tertiary/aromatic N) is 2. The molecule has 0 radical (unpaired) electrons. The van der Waals surface area contributed by atoms with E-state index in [9.17, 15) is 4.79 Å². The van der Waals surface area contributed by atoms with E-state index in [1.54, 1.807) is 24.3 Å². The third-order valence-electron chi connectivity index (χ3n) is 5.00. The molecular formula is C20H22ClN3O3. The quantitative estimate of drug-likeness (QED) is 0.870. The molecule has 1 saturated heterocycles. The molecule has 1 N–H and O–H groups in total. The number of ether oxygens (including phenoxy) is 2. The maximum atomic E-state index is 12.8. The lowest BCUT2D eigenvalue weighted by Crippen LogP contribution is -2.46. The maximum absolute atomic E-state index is 12.8. The van der Waals surface area contributed by atoms with Gasteiger partial charge in [-0.3, -0.25) is 4.79 Å². The van der Waals surface area contributed by atoms with Crippen LogP contribution in [0.4, 0.5) is 11.4 Å². The zero-order valence-electron chi connectivity index (χ0n) is 15.2. The highest BCUT2D eigenvalue weighted by molar-refractivity contribution is 6.31. The Labute approximate surface area is 163 Å². The summed E-state index contributed by atoms with van der Waals surface area (Å²) in [6.45, 7) is 7.27. The number of hydrogen-bond donors (Lipinski definition) is 1. The van der Waals surface area contributed by atoms with Gasteiger partial charge in [-0.05, 0) is 42.9 Å². The Kier molecular flexibility index (Phi) is 5.09. The molecule has 2 aliphatic rings. The summed E-state index contributed by atoms with van der Waals surface area (Å²) in [6.07, 6.45) is 0. The lowest BCUT2D eigenvalue weighted by atomic mass is 10.1. The Morgan fingerprint density at radius 2 is 1.85 bits per heavy atom. The minimum atomic E-state index is -0.205. The minimum Gasteiger partial charge on any atom is -0.454 e. The molecule has 1 fully saturated rings. The second kappa shape index (κ2) is 7.66. The van der Waals surface area contributed by atoms with E-state index in [1.807, 2.05) is 12.1 Å². The van der Waals surface area contributed by atoms with Gasteiger partial charge in [-0.15, -0.1) is 0 Å². The number of carbonyl (C=O) groups excluding carboxylic acids is 1. The Morgan fingerprint density at radius 3 is 2.63 bits per heavy atom. The van der Waals surface area contributed by atoms with Gasteiger partial charge in [0.2, 0.25) is 6.79 Å². The lowest BCUT2D eigenvalue weighted by Gasteiger charge is -2.36. The fourth-order valence-corrected chi connectivity index (χ4v) is 3.59. The van der Waals surface area contributed by atoms with Crippen molar-refractivity contribution >= 4 is 28.9 Å². The van der Waals surface area contributed by atoms with Crippen LogP contribution >= 0.6 is 11.6 Å². The van der Waals surface area contributed by atoms with E-state index in [0.29, 0.717) is 22.1 Å². The fourth-order valence-electron chi connectivity index (χ4n) is 3.42. The second-order valence-corrected chi connectivity index (χ2v) is 7.04. The van der Waals surface area contributed by atoms with Crippen LogP contribution in [0.2, 0.25) is 5.02 Å². The molecule has 142 valence electrons. The van der Waals surface area contributed by atoms with Crippen molar-refractivity contribution in [1.82, 2.24) is 4.90 Å². The van der Waals surface area contributed by atoms with Crippen molar-refractivity contribution in [3.63, 3.8) is 0 Å². The first kappa shape index (κ1) is 17.9. The van der Waals surface area contributed by atoms with Gasteiger partial charge in [-0.2, -0.15) is 0 Å². The van der Waals surface area contributed by atoms with Crippen LogP contribution in [-0.2, 0) is 0 Å². The van der Waals surface area contributed by atoms with E-state index in [0.717, 1.165) is 44.1 Å². The number of piperazine rings is 1. The molecule has 6 nitrogen and oxygen atoms in total. The van der Waals surface area contributed by atoms with Gasteiger partial charge in [0.15, 0.2) is 11.5 Å². The molecule has 2 aliphatic heterocycles. The number of likely N-dealkylation sites (N-methyl/N-ethyl adjacent to an activating group) is 1. The molecule has 2 aromatic carbocycles. The van der Waals surface area contributed by atoms with Crippen LogP contribution in [0.25, 0.3) is 0 Å². The Morgan fingerprint density at radius 1 is 1.07 bits per heavy atom. The molecular weight excluding hydrogens is 366 g/mol. The summed E-state index contributed by atoms with van der Waals surface area (Å²) >= 11 is 6.19. The molecule has 2 heterocycles. The molecule has 0 unspecified atom stereocenters. The summed E-state index contributed by atoms with van der Waals surface area (Å²) in [4.78, 5) is 17.5. The Balaban J connectivity index is 1.54. The second-order valence-electron chi connectivity index (χ2n) is 6.60. The van der Waals surface area contributed by atoms with Gasteiger partial charge >= 0.3 is 0 Å². The highest BCUT2D eigenvalue weighted by atomic mass is 35.5. The number of fused-ring (bicyclic) bond motifs is 1. The highest BCUT2D eigenvalue weighted by Crippen LogP contribution is 2.34. The van der Waals surface area contributed by atoms with Gasteiger partial charge in [0.25, 0.3) is 5.91 Å². The molecule has 0 spiro atoms. The lowest BCUT2D eigenvalue weighted by molar-refractivity contribution is 0.102. The molecule has 7 heteroatoms. The molecule has 2 aromatic rings. The average Bonchev–Trinajstić information content (AvgIpc) is 3.16. The van der Waals surface area contributed by atoms with Crippen molar-refractivity contribution in [2.75, 3.05) is 49.7 Å². The van der Waals surface area contributed by atoms with Crippen molar-refractivity contribution in [3.8, 4) is 11.5 Å². The van der Waals surface area contributed by atoms with Crippen LogP contribution in [0.3, 0.4) is 0 Å². The van der Waals surface area contributed by atoms with Crippen LogP contribution in [0.5, 0.6) is 11.5 Å². The zero-order chi connectivity index (χ0) is 18.8.